The molecule has 0 heterocycles. The van der Waals surface area contributed by atoms with Gasteiger partial charge in [-0.2, -0.15) is 13.2 Å². The van der Waals surface area contributed by atoms with Gasteiger partial charge < -0.3 is 5.11 Å². The Morgan fingerprint density at radius 2 is 1.48 bits per heavy atom. The number of hydrogen-bond donors (Lipinski definition) is 1. The van der Waals surface area contributed by atoms with Crippen LogP contribution in [0.5, 0.6) is 0 Å². The number of alkyl halides is 3. The molecule has 3 rings (SSSR count). The lowest BCUT2D eigenvalue weighted by atomic mass is 9.86. The fourth-order valence-electron chi connectivity index (χ4n) is 2.80. The average Bonchev–Trinajstić information content (AvgIpc) is 3.28. The van der Waals surface area contributed by atoms with E-state index < -0.39 is 17.8 Å². The predicted molar refractivity (Wildman–Crippen MR) is 73.8 cm³/mol. The standard InChI is InChI=1S/C17H15F3O/c18-17(19,20)14-8-6-12(7-9-14)15(21)16(10-11-16)13-4-2-1-3-5-13/h1-9,15,21H,10-11H2. The highest BCUT2D eigenvalue weighted by Crippen LogP contribution is 2.56. The maximum absolute atomic E-state index is 12.6. The Hall–Kier alpha value is -1.81. The number of hydrogen-bond acceptors (Lipinski definition) is 1. The topological polar surface area (TPSA) is 20.2 Å². The minimum atomic E-state index is -4.35. The van der Waals surface area contributed by atoms with Crippen molar-refractivity contribution < 1.29 is 18.3 Å². The van der Waals surface area contributed by atoms with Gasteiger partial charge in [0, 0.05) is 5.41 Å². The van der Waals surface area contributed by atoms with Crippen molar-refractivity contribution in [1.29, 1.82) is 0 Å². The zero-order valence-corrected chi connectivity index (χ0v) is 11.3. The molecule has 0 bridgehead atoms. The molecule has 1 nitrogen and oxygen atoms in total. The van der Waals surface area contributed by atoms with Crippen LogP contribution in [0.4, 0.5) is 13.2 Å². The van der Waals surface area contributed by atoms with Gasteiger partial charge in [-0.25, -0.2) is 0 Å². The van der Waals surface area contributed by atoms with Crippen molar-refractivity contribution in [2.75, 3.05) is 0 Å². The zero-order valence-electron chi connectivity index (χ0n) is 11.3. The van der Waals surface area contributed by atoms with E-state index in [-0.39, 0.29) is 5.41 Å². The number of aliphatic hydroxyl groups excluding tert-OH is 1. The highest BCUT2D eigenvalue weighted by atomic mass is 19.4. The van der Waals surface area contributed by atoms with Crippen molar-refractivity contribution in [3.05, 3.63) is 71.3 Å². The maximum Gasteiger partial charge on any atom is 0.416 e. The second-order valence-corrected chi connectivity index (χ2v) is 5.54. The third-order valence-electron chi connectivity index (χ3n) is 4.21. The Morgan fingerprint density at radius 3 is 1.95 bits per heavy atom. The molecule has 1 aliphatic rings. The van der Waals surface area contributed by atoms with E-state index in [9.17, 15) is 18.3 Å². The molecule has 110 valence electrons. The Balaban J connectivity index is 1.88. The van der Waals surface area contributed by atoms with E-state index in [1.165, 1.54) is 12.1 Å². The molecule has 2 aromatic rings. The van der Waals surface area contributed by atoms with Crippen molar-refractivity contribution in [3.8, 4) is 0 Å². The first-order valence-corrected chi connectivity index (χ1v) is 6.84. The van der Waals surface area contributed by atoms with E-state index in [2.05, 4.69) is 0 Å². The summed E-state index contributed by atoms with van der Waals surface area (Å²) < 4.78 is 37.7. The molecule has 21 heavy (non-hydrogen) atoms. The van der Waals surface area contributed by atoms with Gasteiger partial charge in [0.05, 0.1) is 11.7 Å². The van der Waals surface area contributed by atoms with Crippen LogP contribution >= 0.6 is 0 Å². The van der Waals surface area contributed by atoms with E-state index in [4.69, 9.17) is 0 Å². The Bertz CT molecular complexity index is 613. The summed E-state index contributed by atoms with van der Waals surface area (Å²) in [7, 11) is 0. The highest BCUT2D eigenvalue weighted by Gasteiger charge is 2.50. The number of halogens is 3. The molecule has 4 heteroatoms. The molecule has 1 aliphatic carbocycles. The molecule has 0 saturated heterocycles. The molecular formula is C17H15F3O. The van der Waals surface area contributed by atoms with Crippen molar-refractivity contribution in [1.82, 2.24) is 0 Å². The molecule has 0 aromatic heterocycles. The van der Waals surface area contributed by atoms with Gasteiger partial charge in [-0.15, -0.1) is 0 Å². The third-order valence-corrected chi connectivity index (χ3v) is 4.21. The van der Waals surface area contributed by atoms with E-state index >= 15 is 0 Å². The first-order valence-electron chi connectivity index (χ1n) is 6.84. The van der Waals surface area contributed by atoms with Gasteiger partial charge in [-0.1, -0.05) is 42.5 Å². The SMILES string of the molecule is OC(c1ccc(C(F)(F)F)cc1)C1(c2ccccc2)CC1. The summed E-state index contributed by atoms with van der Waals surface area (Å²) in [6.45, 7) is 0. The van der Waals surface area contributed by atoms with Gasteiger partial charge in [0.25, 0.3) is 0 Å². The van der Waals surface area contributed by atoms with Crippen LogP contribution in [0.1, 0.15) is 35.6 Å². The van der Waals surface area contributed by atoms with Crippen molar-refractivity contribution in [2.24, 2.45) is 0 Å². The molecule has 2 aromatic carbocycles. The Labute approximate surface area is 121 Å². The van der Waals surface area contributed by atoms with Gasteiger partial charge in [-0.05, 0) is 36.1 Å². The first-order chi connectivity index (χ1) is 9.93. The predicted octanol–water partition coefficient (Wildman–Crippen LogP) is 4.47. The van der Waals surface area contributed by atoms with E-state index in [0.717, 1.165) is 30.5 Å². The largest absolute Gasteiger partial charge is 0.416 e. The van der Waals surface area contributed by atoms with Crippen molar-refractivity contribution in [2.45, 2.75) is 30.5 Å². The van der Waals surface area contributed by atoms with Crippen LogP contribution in [0.25, 0.3) is 0 Å². The van der Waals surface area contributed by atoms with E-state index in [1.807, 2.05) is 30.3 Å². The van der Waals surface area contributed by atoms with E-state index in [0.29, 0.717) is 5.56 Å². The fourth-order valence-corrected chi connectivity index (χ4v) is 2.80. The van der Waals surface area contributed by atoms with Crippen LogP contribution in [0.2, 0.25) is 0 Å². The van der Waals surface area contributed by atoms with Gasteiger partial charge >= 0.3 is 6.18 Å². The summed E-state index contributed by atoms with van der Waals surface area (Å²) in [4.78, 5) is 0. The molecule has 1 saturated carbocycles. The maximum atomic E-state index is 12.6. The summed E-state index contributed by atoms with van der Waals surface area (Å²) in [5.74, 6) is 0. The third kappa shape index (κ3) is 2.56. The molecule has 0 spiro atoms. The minimum absolute atomic E-state index is 0.346. The molecule has 0 radical (unpaired) electrons. The van der Waals surface area contributed by atoms with Gasteiger partial charge in [-0.3, -0.25) is 0 Å². The lowest BCUT2D eigenvalue weighted by Gasteiger charge is -2.23. The smallest absolute Gasteiger partial charge is 0.387 e. The number of rotatable bonds is 3. The van der Waals surface area contributed by atoms with Crippen LogP contribution in [0, 0.1) is 0 Å². The zero-order chi connectivity index (χ0) is 15.1. The Morgan fingerprint density at radius 1 is 0.905 bits per heavy atom. The van der Waals surface area contributed by atoms with Crippen LogP contribution in [-0.2, 0) is 11.6 Å². The molecule has 0 aliphatic heterocycles. The van der Waals surface area contributed by atoms with E-state index in [1.54, 1.807) is 0 Å². The number of aliphatic hydroxyl groups is 1. The van der Waals surface area contributed by atoms with Crippen LogP contribution < -0.4 is 0 Å². The summed E-state index contributed by atoms with van der Waals surface area (Å²) in [6, 6.07) is 14.4. The highest BCUT2D eigenvalue weighted by molar-refractivity contribution is 5.38. The monoisotopic (exact) mass is 292 g/mol. The van der Waals surface area contributed by atoms with Crippen LogP contribution in [-0.4, -0.2) is 5.11 Å². The Kier molecular flexibility index (Phi) is 3.29. The summed E-state index contributed by atoms with van der Waals surface area (Å²) >= 11 is 0. The van der Waals surface area contributed by atoms with Crippen LogP contribution in [0.3, 0.4) is 0 Å². The normalized spacial score (nSPS) is 18.3. The molecule has 1 atom stereocenters. The average molecular weight is 292 g/mol. The van der Waals surface area contributed by atoms with Crippen molar-refractivity contribution in [3.63, 3.8) is 0 Å². The van der Waals surface area contributed by atoms with Gasteiger partial charge in [0.1, 0.15) is 0 Å². The number of benzene rings is 2. The van der Waals surface area contributed by atoms with Gasteiger partial charge in [0.2, 0.25) is 0 Å². The van der Waals surface area contributed by atoms with Gasteiger partial charge in [0.15, 0.2) is 0 Å². The van der Waals surface area contributed by atoms with Crippen molar-refractivity contribution >= 4 is 0 Å². The summed E-state index contributed by atoms with van der Waals surface area (Å²) in [5.41, 5.74) is 0.533. The molecule has 1 N–H and O–H groups in total. The second-order valence-electron chi connectivity index (χ2n) is 5.54. The second kappa shape index (κ2) is 4.88. The quantitative estimate of drug-likeness (QED) is 0.885. The molecule has 1 unspecified atom stereocenters. The first kappa shape index (κ1) is 14.1. The lowest BCUT2D eigenvalue weighted by Crippen LogP contribution is -2.18. The lowest BCUT2D eigenvalue weighted by molar-refractivity contribution is -0.137. The molecular weight excluding hydrogens is 277 g/mol. The minimum Gasteiger partial charge on any atom is -0.387 e. The molecule has 1 fully saturated rings. The fraction of sp³-hybridized carbons (Fsp3) is 0.294. The van der Waals surface area contributed by atoms with Crippen LogP contribution in [0.15, 0.2) is 54.6 Å². The summed E-state index contributed by atoms with van der Waals surface area (Å²) in [6.07, 6.45) is -3.43. The summed E-state index contributed by atoms with van der Waals surface area (Å²) in [5, 5.41) is 10.6. The molecule has 0 amide bonds.